The molecule has 1 N–H and O–H groups in total. The number of carbonyl (C=O) groups excluding carboxylic acids is 1. The molecule has 0 aliphatic carbocycles. The van der Waals surface area contributed by atoms with Crippen molar-refractivity contribution >= 4 is 45.3 Å². The summed E-state index contributed by atoms with van der Waals surface area (Å²) >= 11 is 6.25. The zero-order valence-corrected chi connectivity index (χ0v) is 18.1. The number of benzene rings is 3. The maximum absolute atomic E-state index is 13.3. The molecule has 2 aromatic heterocycles. The van der Waals surface area contributed by atoms with Crippen molar-refractivity contribution in [3.63, 3.8) is 0 Å². The molecule has 0 spiro atoms. The van der Waals surface area contributed by atoms with Gasteiger partial charge in [-0.1, -0.05) is 60.1 Å². The first-order valence-corrected chi connectivity index (χ1v) is 10.6. The van der Waals surface area contributed by atoms with E-state index in [0.29, 0.717) is 16.1 Å². The molecule has 2 heterocycles. The van der Waals surface area contributed by atoms with E-state index in [4.69, 9.17) is 11.6 Å². The van der Waals surface area contributed by atoms with Crippen LogP contribution in [0, 0.1) is 0 Å². The fourth-order valence-electron chi connectivity index (χ4n) is 4.12. The molecule has 0 fully saturated rings. The van der Waals surface area contributed by atoms with Crippen LogP contribution >= 0.6 is 11.6 Å². The van der Waals surface area contributed by atoms with E-state index in [2.05, 4.69) is 4.98 Å². The summed E-state index contributed by atoms with van der Waals surface area (Å²) in [6, 6.07) is 24.7. The largest absolute Gasteiger partial charge is 0.344 e. The van der Waals surface area contributed by atoms with Gasteiger partial charge in [0, 0.05) is 45.1 Å². The second kappa shape index (κ2) is 7.98. The molecule has 32 heavy (non-hydrogen) atoms. The van der Waals surface area contributed by atoms with E-state index in [1.807, 2.05) is 72.3 Å². The average molecular weight is 439 g/mol. The smallest absolute Gasteiger partial charge is 0.260 e. The van der Waals surface area contributed by atoms with Crippen molar-refractivity contribution in [1.82, 2.24) is 9.55 Å². The Morgan fingerprint density at radius 2 is 1.72 bits per heavy atom. The molecule has 5 rings (SSSR count). The number of aryl methyl sites for hydroxylation is 1. The van der Waals surface area contributed by atoms with Crippen LogP contribution in [-0.4, -0.2) is 15.3 Å². The number of halogens is 1. The second-order valence-electron chi connectivity index (χ2n) is 7.64. The van der Waals surface area contributed by atoms with E-state index in [0.717, 1.165) is 27.5 Å². The van der Waals surface area contributed by atoms with Gasteiger partial charge in [-0.05, 0) is 48.0 Å². The lowest BCUT2D eigenvalue weighted by Gasteiger charge is -2.11. The summed E-state index contributed by atoms with van der Waals surface area (Å²) in [7, 11) is 1.95. The van der Waals surface area contributed by atoms with Gasteiger partial charge < -0.3 is 9.55 Å². The van der Waals surface area contributed by atoms with E-state index in [1.165, 1.54) is 6.08 Å². The van der Waals surface area contributed by atoms with Crippen molar-refractivity contribution in [1.29, 1.82) is 0 Å². The fraction of sp³-hybridized carbons (Fsp3) is 0.0370. The quantitative estimate of drug-likeness (QED) is 0.267. The molecule has 3 aromatic carbocycles. The Labute approximate surface area is 189 Å². The van der Waals surface area contributed by atoms with Gasteiger partial charge in [0.25, 0.3) is 5.56 Å². The van der Waals surface area contributed by atoms with Crippen molar-refractivity contribution < 1.29 is 4.79 Å². The normalized spacial score (nSPS) is 11.6. The number of hydrogen-bond acceptors (Lipinski definition) is 2. The van der Waals surface area contributed by atoms with E-state index in [-0.39, 0.29) is 11.3 Å². The Kier molecular flexibility index (Phi) is 5.00. The summed E-state index contributed by atoms with van der Waals surface area (Å²) in [6.07, 6.45) is 3.21. The van der Waals surface area contributed by atoms with E-state index < -0.39 is 5.56 Å². The van der Waals surface area contributed by atoms with E-state index in [1.54, 1.807) is 24.3 Å². The van der Waals surface area contributed by atoms with Crippen molar-refractivity contribution in [2.75, 3.05) is 0 Å². The van der Waals surface area contributed by atoms with Gasteiger partial charge in [-0.25, -0.2) is 0 Å². The highest BCUT2D eigenvalue weighted by Crippen LogP contribution is 2.31. The van der Waals surface area contributed by atoms with Crippen LogP contribution in [0.3, 0.4) is 0 Å². The van der Waals surface area contributed by atoms with Gasteiger partial charge in [-0.15, -0.1) is 0 Å². The summed E-state index contributed by atoms with van der Waals surface area (Å²) in [6.45, 7) is 0. The third-order valence-electron chi connectivity index (χ3n) is 5.68. The highest BCUT2D eigenvalue weighted by atomic mass is 35.5. The summed E-state index contributed by atoms with van der Waals surface area (Å²) in [5, 5.41) is 2.35. The minimum Gasteiger partial charge on any atom is -0.344 e. The van der Waals surface area contributed by atoms with Gasteiger partial charge in [0.1, 0.15) is 0 Å². The van der Waals surface area contributed by atoms with Gasteiger partial charge in [0.15, 0.2) is 5.78 Å². The van der Waals surface area contributed by atoms with E-state index >= 15 is 0 Å². The number of aromatic nitrogens is 2. The molecule has 0 atom stereocenters. The monoisotopic (exact) mass is 438 g/mol. The predicted molar refractivity (Wildman–Crippen MR) is 131 cm³/mol. The van der Waals surface area contributed by atoms with Crippen LogP contribution in [0.4, 0.5) is 0 Å². The van der Waals surface area contributed by atoms with Gasteiger partial charge in [0.2, 0.25) is 0 Å². The van der Waals surface area contributed by atoms with Gasteiger partial charge in [-0.2, -0.15) is 0 Å². The first-order chi connectivity index (χ1) is 15.5. The molecule has 5 aromatic rings. The molecule has 0 saturated heterocycles. The number of ketones is 1. The topological polar surface area (TPSA) is 54.9 Å². The molecule has 4 nitrogen and oxygen atoms in total. The van der Waals surface area contributed by atoms with Crippen LogP contribution in [0.15, 0.2) is 89.7 Å². The Morgan fingerprint density at radius 3 is 2.50 bits per heavy atom. The third kappa shape index (κ3) is 3.45. The highest BCUT2D eigenvalue weighted by Gasteiger charge is 2.19. The lowest BCUT2D eigenvalue weighted by molar-refractivity contribution is 0.104. The van der Waals surface area contributed by atoms with Crippen LogP contribution in [0.25, 0.3) is 39.0 Å². The van der Waals surface area contributed by atoms with Crippen LogP contribution < -0.4 is 5.56 Å². The maximum atomic E-state index is 13.3. The second-order valence-corrected chi connectivity index (χ2v) is 8.08. The summed E-state index contributed by atoms with van der Waals surface area (Å²) in [5.74, 6) is -0.364. The molecule has 5 heteroatoms. The first kappa shape index (κ1) is 20.0. The summed E-state index contributed by atoms with van der Waals surface area (Å²) < 4.78 is 2.02. The summed E-state index contributed by atoms with van der Waals surface area (Å²) in [4.78, 5) is 29.2. The number of allylic oxidation sites excluding steroid dienone is 1. The number of nitrogens with one attached hydrogen (secondary N) is 1. The molecule has 0 saturated carbocycles. The standard InChI is InChI=1S/C27H19ClN2O2/c1-30-20(15-18-9-5-6-10-23(18)30)12-14-24(31)26-25(17-7-3-2-4-8-17)21-16-19(28)11-13-22(21)29-27(26)32/h2-16H,1H3,(H,29,32). The van der Waals surface area contributed by atoms with E-state index in [9.17, 15) is 9.59 Å². The zero-order valence-electron chi connectivity index (χ0n) is 17.3. The molecular formula is C27H19ClN2O2. The Morgan fingerprint density at radius 1 is 0.969 bits per heavy atom. The number of pyridine rings is 1. The predicted octanol–water partition coefficient (Wildman–Crippen LogP) is 6.24. The fourth-order valence-corrected chi connectivity index (χ4v) is 4.29. The van der Waals surface area contributed by atoms with Crippen molar-refractivity contribution in [3.05, 3.63) is 112 Å². The number of carbonyl (C=O) groups is 1. The molecule has 0 bridgehead atoms. The molecule has 0 unspecified atom stereocenters. The van der Waals surface area contributed by atoms with Crippen LogP contribution in [-0.2, 0) is 7.05 Å². The lowest BCUT2D eigenvalue weighted by Crippen LogP contribution is -2.18. The molecular weight excluding hydrogens is 420 g/mol. The summed E-state index contributed by atoms with van der Waals surface area (Å²) in [5.41, 5.74) is 3.62. The molecule has 0 aliphatic rings. The number of para-hydroxylation sites is 1. The minimum atomic E-state index is -0.426. The Bertz CT molecular complexity index is 1580. The average Bonchev–Trinajstić information content (AvgIpc) is 3.13. The van der Waals surface area contributed by atoms with Crippen molar-refractivity contribution in [2.45, 2.75) is 0 Å². The number of hydrogen-bond donors (Lipinski definition) is 1. The third-order valence-corrected chi connectivity index (χ3v) is 5.91. The number of aromatic amines is 1. The Balaban J connectivity index is 1.68. The highest BCUT2D eigenvalue weighted by molar-refractivity contribution is 6.31. The Hall–Kier alpha value is -3.89. The number of nitrogens with zero attached hydrogens (tertiary/aromatic N) is 1. The molecule has 0 amide bonds. The number of fused-ring (bicyclic) bond motifs is 2. The maximum Gasteiger partial charge on any atom is 0.260 e. The van der Waals surface area contributed by atoms with Crippen LogP contribution in [0.1, 0.15) is 16.1 Å². The zero-order chi connectivity index (χ0) is 22.2. The molecule has 156 valence electrons. The molecule has 0 radical (unpaired) electrons. The van der Waals surface area contributed by atoms with Gasteiger partial charge in [-0.3, -0.25) is 9.59 Å². The van der Waals surface area contributed by atoms with Crippen molar-refractivity contribution in [2.24, 2.45) is 7.05 Å². The minimum absolute atomic E-state index is 0.0981. The number of H-pyrrole nitrogens is 1. The van der Waals surface area contributed by atoms with Gasteiger partial charge in [0.05, 0.1) is 5.56 Å². The number of rotatable bonds is 4. The SMILES string of the molecule is Cn1c(C=CC(=O)c2c(-c3ccccc3)c3cc(Cl)ccc3[nH]c2=O)cc2ccccc21. The van der Waals surface area contributed by atoms with Gasteiger partial charge >= 0.3 is 0 Å². The van der Waals surface area contributed by atoms with Crippen LogP contribution in [0.2, 0.25) is 5.02 Å². The first-order valence-electron chi connectivity index (χ1n) is 10.2. The van der Waals surface area contributed by atoms with Crippen molar-refractivity contribution in [3.8, 4) is 11.1 Å². The lowest BCUT2D eigenvalue weighted by atomic mass is 9.94. The molecule has 0 aliphatic heterocycles. The van der Waals surface area contributed by atoms with Crippen LogP contribution in [0.5, 0.6) is 0 Å².